The van der Waals surface area contributed by atoms with Crippen molar-refractivity contribution in [3.05, 3.63) is 16.9 Å². The minimum Gasteiger partial charge on any atom is -0.386 e. The molecule has 1 aromatic rings. The van der Waals surface area contributed by atoms with Crippen LogP contribution in [0.4, 0.5) is 0 Å². The van der Waals surface area contributed by atoms with E-state index in [0.717, 1.165) is 10.9 Å². The number of rotatable bonds is 3. The van der Waals surface area contributed by atoms with Crippen LogP contribution in [-0.2, 0) is 0 Å². The summed E-state index contributed by atoms with van der Waals surface area (Å²) in [5, 5.41) is 11.4. The van der Waals surface area contributed by atoms with Crippen molar-refractivity contribution >= 4 is 21.8 Å². The first-order valence-electron chi connectivity index (χ1n) is 3.68. The maximum atomic E-state index is 7.30. The molecule has 4 nitrogen and oxygen atoms in total. The van der Waals surface area contributed by atoms with E-state index in [1.54, 1.807) is 10.9 Å². The maximum absolute atomic E-state index is 7.30. The van der Waals surface area contributed by atoms with E-state index in [1.165, 1.54) is 0 Å². The Morgan fingerprint density at radius 2 is 2.58 bits per heavy atom. The predicted octanol–water partition coefficient (Wildman–Crippen LogP) is 1.53. The molecule has 0 aliphatic rings. The Kier molecular flexibility index (Phi) is 2.86. The second-order valence-corrected chi connectivity index (χ2v) is 3.43. The molecule has 0 aliphatic carbocycles. The highest BCUT2D eigenvalue weighted by atomic mass is 79.9. The highest BCUT2D eigenvalue weighted by molar-refractivity contribution is 9.10. The molecule has 3 N–H and O–H groups in total. The zero-order valence-corrected chi connectivity index (χ0v) is 8.37. The zero-order valence-electron chi connectivity index (χ0n) is 6.79. The summed E-state index contributed by atoms with van der Waals surface area (Å²) in [5.41, 5.74) is 5.40. The van der Waals surface area contributed by atoms with E-state index in [4.69, 9.17) is 11.1 Å². The van der Waals surface area contributed by atoms with Gasteiger partial charge in [-0.25, -0.2) is 0 Å². The van der Waals surface area contributed by atoms with Crippen LogP contribution < -0.4 is 5.73 Å². The van der Waals surface area contributed by atoms with Gasteiger partial charge in [0.25, 0.3) is 0 Å². The van der Waals surface area contributed by atoms with Crippen molar-refractivity contribution in [3.63, 3.8) is 0 Å². The van der Waals surface area contributed by atoms with E-state index in [1.807, 2.05) is 13.1 Å². The second-order valence-electron chi connectivity index (χ2n) is 2.52. The third-order valence-electron chi connectivity index (χ3n) is 1.64. The number of amidine groups is 1. The first-order chi connectivity index (χ1) is 5.65. The van der Waals surface area contributed by atoms with Crippen LogP contribution in [0.2, 0.25) is 0 Å². The van der Waals surface area contributed by atoms with Gasteiger partial charge >= 0.3 is 0 Å². The molecule has 12 heavy (non-hydrogen) atoms. The monoisotopic (exact) mass is 230 g/mol. The Labute approximate surface area is 79.4 Å². The van der Waals surface area contributed by atoms with Crippen LogP contribution in [0.25, 0.3) is 0 Å². The summed E-state index contributed by atoms with van der Waals surface area (Å²) >= 11 is 3.28. The molecule has 1 unspecified atom stereocenters. The van der Waals surface area contributed by atoms with Crippen LogP contribution in [0.3, 0.4) is 0 Å². The van der Waals surface area contributed by atoms with E-state index in [9.17, 15) is 0 Å². The van der Waals surface area contributed by atoms with Gasteiger partial charge in [0.05, 0.1) is 10.7 Å². The lowest BCUT2D eigenvalue weighted by atomic mass is 10.2. The van der Waals surface area contributed by atoms with Gasteiger partial charge in [0.15, 0.2) is 0 Å². The highest BCUT2D eigenvalue weighted by Gasteiger charge is 2.11. The van der Waals surface area contributed by atoms with Crippen molar-refractivity contribution in [2.75, 3.05) is 0 Å². The molecule has 0 spiro atoms. The standard InChI is InChI=1S/C7H11BrN4/c1-2-6(7(9)10)12-4-5(8)3-11-12/h3-4,6H,2H2,1H3,(H3,9,10). The summed E-state index contributed by atoms with van der Waals surface area (Å²) in [5.74, 6) is 0.146. The largest absolute Gasteiger partial charge is 0.386 e. The summed E-state index contributed by atoms with van der Waals surface area (Å²) in [6.45, 7) is 1.97. The molecular formula is C7H11BrN4. The van der Waals surface area contributed by atoms with Gasteiger partial charge in [-0.3, -0.25) is 10.1 Å². The van der Waals surface area contributed by atoms with Gasteiger partial charge in [-0.15, -0.1) is 0 Å². The van der Waals surface area contributed by atoms with E-state index >= 15 is 0 Å². The van der Waals surface area contributed by atoms with E-state index in [2.05, 4.69) is 21.0 Å². The summed E-state index contributed by atoms with van der Waals surface area (Å²) in [7, 11) is 0. The molecule has 1 atom stereocenters. The Hall–Kier alpha value is -0.840. The fraction of sp³-hybridized carbons (Fsp3) is 0.429. The van der Waals surface area contributed by atoms with Gasteiger partial charge in [-0.1, -0.05) is 6.92 Å². The van der Waals surface area contributed by atoms with Crippen molar-refractivity contribution in [3.8, 4) is 0 Å². The fourth-order valence-electron chi connectivity index (χ4n) is 1.03. The molecule has 0 aliphatic heterocycles. The first-order valence-corrected chi connectivity index (χ1v) is 4.48. The van der Waals surface area contributed by atoms with E-state index < -0.39 is 0 Å². The number of nitrogens with zero attached hydrogens (tertiary/aromatic N) is 2. The molecule has 0 amide bonds. The van der Waals surface area contributed by atoms with Crippen LogP contribution in [0, 0.1) is 5.41 Å². The number of aromatic nitrogens is 2. The molecule has 5 heteroatoms. The molecule has 1 rings (SSSR count). The lowest BCUT2D eigenvalue weighted by Gasteiger charge is -2.12. The Balaban J connectivity index is 2.87. The van der Waals surface area contributed by atoms with Gasteiger partial charge in [-0.2, -0.15) is 5.10 Å². The van der Waals surface area contributed by atoms with Gasteiger partial charge in [0.2, 0.25) is 0 Å². The lowest BCUT2D eigenvalue weighted by molar-refractivity contribution is 0.546. The maximum Gasteiger partial charge on any atom is 0.116 e. The van der Waals surface area contributed by atoms with Gasteiger partial charge in [-0.05, 0) is 22.4 Å². The van der Waals surface area contributed by atoms with Crippen molar-refractivity contribution in [1.29, 1.82) is 5.41 Å². The molecule has 0 radical (unpaired) electrons. The van der Waals surface area contributed by atoms with Gasteiger partial charge in [0.1, 0.15) is 11.9 Å². The molecule has 0 aromatic carbocycles. The number of halogens is 1. The lowest BCUT2D eigenvalue weighted by Crippen LogP contribution is -2.25. The average Bonchev–Trinajstić information content (AvgIpc) is 2.37. The van der Waals surface area contributed by atoms with Crippen molar-refractivity contribution < 1.29 is 0 Å². The summed E-state index contributed by atoms with van der Waals surface area (Å²) < 4.78 is 2.59. The number of hydrogen-bond acceptors (Lipinski definition) is 2. The van der Waals surface area contributed by atoms with Gasteiger partial charge < -0.3 is 5.73 Å². The average molecular weight is 231 g/mol. The smallest absolute Gasteiger partial charge is 0.116 e. The fourth-order valence-corrected chi connectivity index (χ4v) is 1.34. The Bertz CT molecular complexity index is 281. The predicted molar refractivity (Wildman–Crippen MR) is 51.2 cm³/mol. The zero-order chi connectivity index (χ0) is 9.14. The minimum atomic E-state index is -0.115. The van der Waals surface area contributed by atoms with Crippen molar-refractivity contribution in [2.45, 2.75) is 19.4 Å². The molecule has 0 saturated carbocycles. The van der Waals surface area contributed by atoms with Crippen LogP contribution in [-0.4, -0.2) is 15.6 Å². The third kappa shape index (κ3) is 1.85. The Morgan fingerprint density at radius 1 is 1.92 bits per heavy atom. The quantitative estimate of drug-likeness (QED) is 0.611. The topological polar surface area (TPSA) is 67.7 Å². The molecule has 0 saturated heterocycles. The van der Waals surface area contributed by atoms with Crippen molar-refractivity contribution in [2.24, 2.45) is 5.73 Å². The highest BCUT2D eigenvalue weighted by Crippen LogP contribution is 2.13. The molecule has 66 valence electrons. The number of hydrogen-bond donors (Lipinski definition) is 2. The van der Waals surface area contributed by atoms with Crippen LogP contribution >= 0.6 is 15.9 Å². The van der Waals surface area contributed by atoms with Crippen LogP contribution in [0.1, 0.15) is 19.4 Å². The Morgan fingerprint density at radius 3 is 2.92 bits per heavy atom. The van der Waals surface area contributed by atoms with E-state index in [-0.39, 0.29) is 11.9 Å². The second kappa shape index (κ2) is 3.71. The van der Waals surface area contributed by atoms with Crippen LogP contribution in [0.5, 0.6) is 0 Å². The van der Waals surface area contributed by atoms with E-state index in [0.29, 0.717) is 0 Å². The van der Waals surface area contributed by atoms with Crippen LogP contribution in [0.15, 0.2) is 16.9 Å². The number of nitrogens with one attached hydrogen (secondary N) is 1. The normalized spacial score (nSPS) is 12.8. The third-order valence-corrected chi connectivity index (χ3v) is 2.04. The molecule has 0 bridgehead atoms. The molecule has 1 heterocycles. The van der Waals surface area contributed by atoms with Crippen molar-refractivity contribution in [1.82, 2.24) is 9.78 Å². The molecule has 0 fully saturated rings. The summed E-state index contributed by atoms with van der Waals surface area (Å²) in [6, 6.07) is -0.115. The number of nitrogens with two attached hydrogens (primary N) is 1. The molecular weight excluding hydrogens is 220 g/mol. The first kappa shape index (κ1) is 9.25. The summed E-state index contributed by atoms with van der Waals surface area (Å²) in [4.78, 5) is 0. The summed E-state index contributed by atoms with van der Waals surface area (Å²) in [6.07, 6.45) is 4.28. The minimum absolute atomic E-state index is 0.115. The SMILES string of the molecule is CCC(C(=N)N)n1cc(Br)cn1. The molecule has 1 aromatic heterocycles. The van der Waals surface area contributed by atoms with Gasteiger partial charge in [0, 0.05) is 6.20 Å².